The summed E-state index contributed by atoms with van der Waals surface area (Å²) in [6, 6.07) is 4.59. The number of nitrogens with two attached hydrogens (primary N) is 1. The van der Waals surface area contributed by atoms with Gasteiger partial charge in [-0.1, -0.05) is 6.07 Å². The molecule has 1 saturated carbocycles. The van der Waals surface area contributed by atoms with Crippen molar-refractivity contribution < 1.29 is 0 Å². The van der Waals surface area contributed by atoms with Crippen LogP contribution in [0.15, 0.2) is 24.5 Å². The van der Waals surface area contributed by atoms with E-state index in [-0.39, 0.29) is 6.04 Å². The van der Waals surface area contributed by atoms with E-state index in [4.69, 9.17) is 5.73 Å². The van der Waals surface area contributed by atoms with Crippen molar-refractivity contribution in [1.82, 2.24) is 14.8 Å². The average molecular weight is 274 g/mol. The SMILES string of the molecule is CC(N)C(c1cccnc1)N1CCN(CC2CC2)CC1. The second kappa shape index (κ2) is 6.20. The maximum atomic E-state index is 6.24. The second-order valence-electron chi connectivity index (χ2n) is 6.37. The highest BCUT2D eigenvalue weighted by Gasteiger charge is 2.30. The van der Waals surface area contributed by atoms with Crippen molar-refractivity contribution >= 4 is 0 Å². The topological polar surface area (TPSA) is 45.4 Å². The molecule has 0 spiro atoms. The van der Waals surface area contributed by atoms with E-state index >= 15 is 0 Å². The molecule has 0 radical (unpaired) electrons. The number of hydrogen-bond donors (Lipinski definition) is 1. The van der Waals surface area contributed by atoms with Crippen molar-refractivity contribution in [2.24, 2.45) is 11.7 Å². The zero-order valence-corrected chi connectivity index (χ0v) is 12.4. The van der Waals surface area contributed by atoms with E-state index in [1.54, 1.807) is 0 Å². The molecule has 3 rings (SSSR count). The molecular weight excluding hydrogens is 248 g/mol. The summed E-state index contributed by atoms with van der Waals surface area (Å²) in [5.41, 5.74) is 7.49. The third-order valence-corrected chi connectivity index (χ3v) is 4.54. The molecule has 2 unspecified atom stereocenters. The van der Waals surface area contributed by atoms with Crippen LogP contribution in [0.3, 0.4) is 0 Å². The third kappa shape index (κ3) is 3.37. The maximum Gasteiger partial charge on any atom is 0.0512 e. The first-order chi connectivity index (χ1) is 9.74. The molecule has 2 fully saturated rings. The molecular formula is C16H26N4. The molecule has 1 aromatic rings. The normalized spacial score (nSPS) is 24.5. The molecule has 4 nitrogen and oxygen atoms in total. The lowest BCUT2D eigenvalue weighted by Crippen LogP contribution is -2.51. The van der Waals surface area contributed by atoms with Crippen LogP contribution in [0, 0.1) is 5.92 Å². The molecule has 2 heterocycles. The molecule has 2 atom stereocenters. The van der Waals surface area contributed by atoms with Crippen LogP contribution >= 0.6 is 0 Å². The van der Waals surface area contributed by atoms with Gasteiger partial charge in [-0.2, -0.15) is 0 Å². The number of piperazine rings is 1. The molecule has 4 heteroatoms. The van der Waals surface area contributed by atoms with E-state index in [2.05, 4.69) is 27.8 Å². The van der Waals surface area contributed by atoms with Crippen molar-refractivity contribution in [2.45, 2.75) is 31.8 Å². The average Bonchev–Trinajstić information content (AvgIpc) is 3.26. The Morgan fingerprint density at radius 2 is 2.05 bits per heavy atom. The molecule has 1 aliphatic carbocycles. The Kier molecular flexibility index (Phi) is 4.34. The molecule has 0 aromatic carbocycles. The monoisotopic (exact) mass is 274 g/mol. The Bertz CT molecular complexity index is 408. The molecule has 0 bridgehead atoms. The van der Waals surface area contributed by atoms with Crippen LogP contribution in [0.2, 0.25) is 0 Å². The minimum Gasteiger partial charge on any atom is -0.326 e. The van der Waals surface area contributed by atoms with E-state index in [1.807, 2.05) is 18.5 Å². The van der Waals surface area contributed by atoms with E-state index in [1.165, 1.54) is 38.0 Å². The lowest BCUT2D eigenvalue weighted by Gasteiger charge is -2.41. The Labute approximate surface area is 122 Å². The van der Waals surface area contributed by atoms with Gasteiger partial charge in [-0.05, 0) is 37.3 Å². The molecule has 2 aliphatic rings. The highest BCUT2D eigenvalue weighted by molar-refractivity contribution is 5.16. The molecule has 0 amide bonds. The van der Waals surface area contributed by atoms with Crippen LogP contribution in [-0.2, 0) is 0 Å². The molecule has 1 aromatic heterocycles. The summed E-state index contributed by atoms with van der Waals surface area (Å²) in [5, 5.41) is 0. The van der Waals surface area contributed by atoms with Gasteiger partial charge in [0.05, 0.1) is 6.04 Å². The predicted molar refractivity (Wildman–Crippen MR) is 81.4 cm³/mol. The zero-order chi connectivity index (χ0) is 13.9. The highest BCUT2D eigenvalue weighted by atomic mass is 15.3. The zero-order valence-electron chi connectivity index (χ0n) is 12.4. The van der Waals surface area contributed by atoms with Crippen molar-refractivity contribution in [3.63, 3.8) is 0 Å². The van der Waals surface area contributed by atoms with Crippen LogP contribution in [0.5, 0.6) is 0 Å². The van der Waals surface area contributed by atoms with Gasteiger partial charge in [0, 0.05) is 51.2 Å². The van der Waals surface area contributed by atoms with Crippen LogP contribution < -0.4 is 5.73 Å². The molecule has 20 heavy (non-hydrogen) atoms. The molecule has 2 N–H and O–H groups in total. The first kappa shape index (κ1) is 14.0. The number of rotatable bonds is 5. The van der Waals surface area contributed by atoms with E-state index in [0.717, 1.165) is 19.0 Å². The summed E-state index contributed by atoms with van der Waals surface area (Å²) in [5.74, 6) is 0.990. The first-order valence-electron chi connectivity index (χ1n) is 7.86. The van der Waals surface area contributed by atoms with Crippen LogP contribution in [0.25, 0.3) is 0 Å². The Balaban J connectivity index is 1.61. The number of aromatic nitrogens is 1. The van der Waals surface area contributed by atoms with Gasteiger partial charge in [0.25, 0.3) is 0 Å². The molecule has 1 aliphatic heterocycles. The van der Waals surface area contributed by atoms with Crippen molar-refractivity contribution in [1.29, 1.82) is 0 Å². The first-order valence-corrected chi connectivity index (χ1v) is 7.86. The Morgan fingerprint density at radius 1 is 1.30 bits per heavy atom. The largest absolute Gasteiger partial charge is 0.326 e. The lowest BCUT2D eigenvalue weighted by molar-refractivity contribution is 0.0841. The van der Waals surface area contributed by atoms with Crippen LogP contribution in [0.1, 0.15) is 31.4 Å². The fraction of sp³-hybridized carbons (Fsp3) is 0.688. The minimum atomic E-state index is 0.134. The fourth-order valence-corrected chi connectivity index (χ4v) is 3.29. The van der Waals surface area contributed by atoms with Crippen molar-refractivity contribution in [2.75, 3.05) is 32.7 Å². The summed E-state index contributed by atoms with van der Waals surface area (Å²) in [7, 11) is 0. The predicted octanol–water partition coefficient (Wildman–Crippen LogP) is 1.50. The van der Waals surface area contributed by atoms with Gasteiger partial charge in [-0.15, -0.1) is 0 Å². The summed E-state index contributed by atoms with van der Waals surface area (Å²) >= 11 is 0. The van der Waals surface area contributed by atoms with Gasteiger partial charge in [-0.25, -0.2) is 0 Å². The smallest absolute Gasteiger partial charge is 0.0512 e. The summed E-state index contributed by atoms with van der Waals surface area (Å²) in [6.07, 6.45) is 6.68. The highest BCUT2D eigenvalue weighted by Crippen LogP contribution is 2.30. The van der Waals surface area contributed by atoms with Crippen molar-refractivity contribution in [3.05, 3.63) is 30.1 Å². The van der Waals surface area contributed by atoms with Gasteiger partial charge in [0.2, 0.25) is 0 Å². The lowest BCUT2D eigenvalue weighted by atomic mass is 10.00. The summed E-state index contributed by atoms with van der Waals surface area (Å²) < 4.78 is 0. The van der Waals surface area contributed by atoms with E-state index < -0.39 is 0 Å². The Hall–Kier alpha value is -0.970. The van der Waals surface area contributed by atoms with E-state index in [0.29, 0.717) is 6.04 Å². The quantitative estimate of drug-likeness (QED) is 0.884. The molecule has 1 saturated heterocycles. The van der Waals surface area contributed by atoms with Crippen LogP contribution in [-0.4, -0.2) is 53.5 Å². The summed E-state index contributed by atoms with van der Waals surface area (Å²) in [6.45, 7) is 8.01. The maximum absolute atomic E-state index is 6.24. The molecule has 110 valence electrons. The fourth-order valence-electron chi connectivity index (χ4n) is 3.29. The van der Waals surface area contributed by atoms with E-state index in [9.17, 15) is 0 Å². The van der Waals surface area contributed by atoms with Gasteiger partial charge >= 0.3 is 0 Å². The van der Waals surface area contributed by atoms with Crippen LogP contribution in [0.4, 0.5) is 0 Å². The number of pyridine rings is 1. The van der Waals surface area contributed by atoms with Gasteiger partial charge < -0.3 is 10.6 Å². The number of nitrogens with zero attached hydrogens (tertiary/aromatic N) is 3. The second-order valence-corrected chi connectivity index (χ2v) is 6.37. The third-order valence-electron chi connectivity index (χ3n) is 4.54. The van der Waals surface area contributed by atoms with Gasteiger partial charge in [0.15, 0.2) is 0 Å². The minimum absolute atomic E-state index is 0.134. The van der Waals surface area contributed by atoms with Gasteiger partial charge in [-0.3, -0.25) is 9.88 Å². The Morgan fingerprint density at radius 3 is 2.60 bits per heavy atom. The van der Waals surface area contributed by atoms with Gasteiger partial charge in [0.1, 0.15) is 0 Å². The summed E-state index contributed by atoms with van der Waals surface area (Å²) in [4.78, 5) is 9.41. The number of hydrogen-bond acceptors (Lipinski definition) is 4. The standard InChI is InChI=1S/C16H26N4/c1-13(17)16(15-3-2-6-18-11-15)20-9-7-19(8-10-20)12-14-4-5-14/h2-3,6,11,13-14,16H,4-5,7-10,12,17H2,1H3. The van der Waals surface area contributed by atoms with Crippen molar-refractivity contribution in [3.8, 4) is 0 Å².